The number of hydrogen-bond acceptors (Lipinski definition) is 3. The topological polar surface area (TPSA) is 37.6 Å². The van der Waals surface area contributed by atoms with Gasteiger partial charge in [-0.15, -0.1) is 11.8 Å². The minimum Gasteiger partial charge on any atom is -0.337 e. The highest BCUT2D eigenvalue weighted by Gasteiger charge is 2.12. The van der Waals surface area contributed by atoms with Crippen LogP contribution in [0.3, 0.4) is 0 Å². The fourth-order valence-electron chi connectivity index (χ4n) is 3.06. The van der Waals surface area contributed by atoms with Gasteiger partial charge in [-0.2, -0.15) is 0 Å². The summed E-state index contributed by atoms with van der Waals surface area (Å²) < 4.78 is 2.02. The van der Waals surface area contributed by atoms with Crippen LogP contribution in [0.25, 0.3) is 5.65 Å². The van der Waals surface area contributed by atoms with Crippen molar-refractivity contribution in [1.29, 1.82) is 0 Å². The minimum atomic E-state index is -0.00292. The number of halogens is 1. The molecule has 2 aromatic carbocycles. The largest absolute Gasteiger partial charge is 0.337 e. The van der Waals surface area contributed by atoms with Gasteiger partial charge in [0.05, 0.1) is 5.69 Å². The van der Waals surface area contributed by atoms with Crippen LogP contribution >= 0.6 is 23.4 Å². The molecule has 146 valence electrons. The van der Waals surface area contributed by atoms with Gasteiger partial charge >= 0.3 is 0 Å². The summed E-state index contributed by atoms with van der Waals surface area (Å²) in [4.78, 5) is 20.1. The maximum absolute atomic E-state index is 12.7. The van der Waals surface area contributed by atoms with Gasteiger partial charge in [0.15, 0.2) is 0 Å². The van der Waals surface area contributed by atoms with E-state index in [9.17, 15) is 4.79 Å². The second-order valence-electron chi connectivity index (χ2n) is 6.80. The van der Waals surface area contributed by atoms with Crippen molar-refractivity contribution < 1.29 is 4.79 Å². The molecule has 0 bridgehead atoms. The lowest BCUT2D eigenvalue weighted by Crippen LogP contribution is -2.26. The summed E-state index contributed by atoms with van der Waals surface area (Å²) in [6.45, 7) is 0.542. The Balaban J connectivity index is 1.36. The quantitative estimate of drug-likeness (QED) is 0.383. The molecular formula is C23H20ClN3OS. The van der Waals surface area contributed by atoms with Crippen LogP contribution in [0.15, 0.2) is 84.0 Å². The van der Waals surface area contributed by atoms with Crippen LogP contribution in [0.4, 0.5) is 0 Å². The SMILES string of the molecule is CN(Cc1ccc(Cl)cc1)C(=O)c1ccc(SCc2cn3ccccc3n2)cc1. The molecule has 0 radical (unpaired) electrons. The highest BCUT2D eigenvalue weighted by molar-refractivity contribution is 7.98. The predicted molar refractivity (Wildman–Crippen MR) is 118 cm³/mol. The number of aromatic nitrogens is 2. The number of benzene rings is 2. The van der Waals surface area contributed by atoms with Crippen molar-refractivity contribution in [3.05, 3.63) is 101 Å². The highest BCUT2D eigenvalue weighted by Crippen LogP contribution is 2.23. The molecule has 2 aromatic heterocycles. The van der Waals surface area contributed by atoms with E-state index in [1.807, 2.05) is 90.6 Å². The van der Waals surface area contributed by atoms with Gasteiger partial charge in [-0.25, -0.2) is 4.98 Å². The normalized spacial score (nSPS) is 11.0. The van der Waals surface area contributed by atoms with E-state index in [2.05, 4.69) is 4.98 Å². The van der Waals surface area contributed by atoms with Crippen molar-refractivity contribution >= 4 is 34.9 Å². The molecule has 0 fully saturated rings. The molecule has 0 aliphatic carbocycles. The van der Waals surface area contributed by atoms with E-state index < -0.39 is 0 Å². The van der Waals surface area contributed by atoms with E-state index in [-0.39, 0.29) is 5.91 Å². The average Bonchev–Trinajstić information content (AvgIpc) is 3.17. The van der Waals surface area contributed by atoms with Crippen LogP contribution in [-0.4, -0.2) is 27.2 Å². The molecular weight excluding hydrogens is 402 g/mol. The third-order valence-electron chi connectivity index (χ3n) is 4.58. The molecule has 0 atom stereocenters. The summed E-state index contributed by atoms with van der Waals surface area (Å²) in [5.41, 5.74) is 3.71. The molecule has 0 spiro atoms. The van der Waals surface area contributed by atoms with Gasteiger partial charge in [-0.1, -0.05) is 29.8 Å². The summed E-state index contributed by atoms with van der Waals surface area (Å²) in [5, 5.41) is 0.694. The molecule has 0 saturated heterocycles. The minimum absolute atomic E-state index is 0.00292. The van der Waals surface area contributed by atoms with Crippen LogP contribution in [0.2, 0.25) is 5.02 Å². The molecule has 2 heterocycles. The number of nitrogens with zero attached hydrogens (tertiary/aromatic N) is 3. The third kappa shape index (κ3) is 4.81. The van der Waals surface area contributed by atoms with Gasteiger partial charge in [0.2, 0.25) is 0 Å². The molecule has 0 saturated carbocycles. The standard InChI is InChI=1S/C23H20ClN3OS/c1-26(14-17-5-9-19(24)10-6-17)23(28)18-7-11-21(12-8-18)29-16-20-15-27-13-3-2-4-22(27)25-20/h2-13,15H,14,16H2,1H3. The first-order valence-corrected chi connectivity index (χ1v) is 10.6. The molecule has 0 aliphatic heterocycles. The Labute approximate surface area is 179 Å². The first-order valence-electron chi connectivity index (χ1n) is 9.24. The second kappa shape index (κ2) is 8.72. The van der Waals surface area contributed by atoms with Crippen LogP contribution in [0.1, 0.15) is 21.6 Å². The Kier molecular flexibility index (Phi) is 5.88. The number of carbonyl (C=O) groups is 1. The van der Waals surface area contributed by atoms with Crippen molar-refractivity contribution in [3.8, 4) is 0 Å². The summed E-state index contributed by atoms with van der Waals surface area (Å²) in [6, 6.07) is 21.3. The van der Waals surface area contributed by atoms with E-state index in [0.29, 0.717) is 17.1 Å². The van der Waals surface area contributed by atoms with Crippen molar-refractivity contribution in [2.24, 2.45) is 0 Å². The summed E-state index contributed by atoms with van der Waals surface area (Å²) in [7, 11) is 1.81. The zero-order valence-electron chi connectivity index (χ0n) is 16.0. The molecule has 6 heteroatoms. The number of rotatable bonds is 6. The Morgan fingerprint density at radius 1 is 1.07 bits per heavy atom. The van der Waals surface area contributed by atoms with E-state index in [0.717, 1.165) is 27.6 Å². The van der Waals surface area contributed by atoms with Crippen molar-refractivity contribution in [2.75, 3.05) is 7.05 Å². The number of imidazole rings is 1. The Bertz CT molecular complexity index is 1090. The fourth-order valence-corrected chi connectivity index (χ4v) is 3.97. The van der Waals surface area contributed by atoms with Gasteiger partial charge in [-0.3, -0.25) is 4.79 Å². The Morgan fingerprint density at radius 2 is 1.83 bits per heavy atom. The molecule has 4 rings (SSSR count). The highest BCUT2D eigenvalue weighted by atomic mass is 35.5. The number of hydrogen-bond donors (Lipinski definition) is 0. The monoisotopic (exact) mass is 421 g/mol. The number of carbonyl (C=O) groups excluding carboxylic acids is 1. The van der Waals surface area contributed by atoms with Gasteiger partial charge in [0, 0.05) is 47.2 Å². The third-order valence-corrected chi connectivity index (χ3v) is 5.88. The summed E-state index contributed by atoms with van der Waals surface area (Å²) in [5.74, 6) is 0.780. The summed E-state index contributed by atoms with van der Waals surface area (Å²) >= 11 is 7.63. The summed E-state index contributed by atoms with van der Waals surface area (Å²) in [6.07, 6.45) is 4.05. The van der Waals surface area contributed by atoms with Crippen molar-refractivity contribution in [1.82, 2.24) is 14.3 Å². The lowest BCUT2D eigenvalue weighted by atomic mass is 10.1. The zero-order chi connectivity index (χ0) is 20.2. The van der Waals surface area contributed by atoms with E-state index in [1.54, 1.807) is 16.7 Å². The lowest BCUT2D eigenvalue weighted by molar-refractivity contribution is 0.0785. The maximum atomic E-state index is 12.7. The van der Waals surface area contributed by atoms with Gasteiger partial charge in [0.1, 0.15) is 5.65 Å². The molecule has 0 unspecified atom stereocenters. The first-order chi connectivity index (χ1) is 14.1. The van der Waals surface area contributed by atoms with E-state index in [4.69, 9.17) is 11.6 Å². The molecule has 4 aromatic rings. The molecule has 29 heavy (non-hydrogen) atoms. The maximum Gasteiger partial charge on any atom is 0.253 e. The van der Waals surface area contributed by atoms with Crippen molar-refractivity contribution in [3.63, 3.8) is 0 Å². The molecule has 1 amide bonds. The van der Waals surface area contributed by atoms with E-state index in [1.165, 1.54) is 0 Å². The van der Waals surface area contributed by atoms with Gasteiger partial charge in [-0.05, 0) is 54.1 Å². The predicted octanol–water partition coefficient (Wildman–Crippen LogP) is 5.55. The van der Waals surface area contributed by atoms with E-state index >= 15 is 0 Å². The molecule has 0 aliphatic rings. The lowest BCUT2D eigenvalue weighted by Gasteiger charge is -2.17. The van der Waals surface area contributed by atoms with Crippen LogP contribution in [0, 0.1) is 0 Å². The Hall–Kier alpha value is -2.76. The second-order valence-corrected chi connectivity index (χ2v) is 8.28. The van der Waals surface area contributed by atoms with Gasteiger partial charge in [0.25, 0.3) is 5.91 Å². The molecule has 0 N–H and O–H groups in total. The van der Waals surface area contributed by atoms with Crippen molar-refractivity contribution in [2.45, 2.75) is 17.2 Å². The van der Waals surface area contributed by atoms with Crippen LogP contribution in [0.5, 0.6) is 0 Å². The number of pyridine rings is 1. The fraction of sp³-hybridized carbons (Fsp3) is 0.130. The van der Waals surface area contributed by atoms with Crippen LogP contribution < -0.4 is 0 Å². The zero-order valence-corrected chi connectivity index (χ0v) is 17.5. The average molecular weight is 422 g/mol. The first kappa shape index (κ1) is 19.6. The smallest absolute Gasteiger partial charge is 0.253 e. The number of thioether (sulfide) groups is 1. The number of fused-ring (bicyclic) bond motifs is 1. The Morgan fingerprint density at radius 3 is 2.55 bits per heavy atom. The van der Waals surface area contributed by atoms with Crippen LogP contribution in [-0.2, 0) is 12.3 Å². The molecule has 4 nitrogen and oxygen atoms in total. The number of amides is 1. The van der Waals surface area contributed by atoms with Gasteiger partial charge < -0.3 is 9.30 Å².